The zero-order valence-electron chi connectivity index (χ0n) is 15.3. The van der Waals surface area contributed by atoms with Crippen molar-refractivity contribution in [3.05, 3.63) is 71.0 Å². The molecule has 2 amide bonds. The third kappa shape index (κ3) is 3.70. The van der Waals surface area contributed by atoms with Crippen LogP contribution in [0.4, 0.5) is 13.2 Å². The van der Waals surface area contributed by atoms with Gasteiger partial charge in [0.15, 0.2) is 5.76 Å². The van der Waals surface area contributed by atoms with E-state index in [4.69, 9.17) is 4.42 Å². The van der Waals surface area contributed by atoms with Gasteiger partial charge in [0, 0.05) is 16.9 Å². The molecule has 4 rings (SSSR count). The number of alkyl halides is 3. The van der Waals surface area contributed by atoms with Gasteiger partial charge in [-0.25, -0.2) is 0 Å². The summed E-state index contributed by atoms with van der Waals surface area (Å²) in [4.78, 5) is 24.6. The minimum absolute atomic E-state index is 0.0942. The van der Waals surface area contributed by atoms with Crippen LogP contribution in [0.5, 0.6) is 0 Å². The van der Waals surface area contributed by atoms with E-state index in [1.807, 2.05) is 12.1 Å². The van der Waals surface area contributed by atoms with E-state index >= 15 is 0 Å². The Labute approximate surface area is 163 Å². The highest BCUT2D eigenvalue weighted by atomic mass is 19.4. The maximum Gasteiger partial charge on any atom is 0.416 e. The minimum Gasteiger partial charge on any atom is -0.451 e. The first-order valence-electron chi connectivity index (χ1n) is 9.01. The van der Waals surface area contributed by atoms with Crippen molar-refractivity contribution in [1.29, 1.82) is 0 Å². The van der Waals surface area contributed by atoms with Crippen molar-refractivity contribution in [1.82, 2.24) is 10.9 Å². The zero-order valence-corrected chi connectivity index (χ0v) is 15.3. The molecule has 0 aliphatic heterocycles. The summed E-state index contributed by atoms with van der Waals surface area (Å²) in [5.41, 5.74) is 5.59. The molecule has 150 valence electrons. The van der Waals surface area contributed by atoms with Gasteiger partial charge in [-0.2, -0.15) is 13.2 Å². The molecule has 5 nitrogen and oxygen atoms in total. The van der Waals surface area contributed by atoms with Crippen LogP contribution in [0.25, 0.3) is 11.0 Å². The van der Waals surface area contributed by atoms with Crippen LogP contribution in [0, 0.1) is 12.8 Å². The van der Waals surface area contributed by atoms with E-state index in [0.29, 0.717) is 23.1 Å². The van der Waals surface area contributed by atoms with Crippen molar-refractivity contribution in [2.24, 2.45) is 5.92 Å². The Morgan fingerprint density at radius 3 is 2.55 bits per heavy atom. The first kappa shape index (κ1) is 19.0. The highest BCUT2D eigenvalue weighted by Crippen LogP contribution is 2.48. The summed E-state index contributed by atoms with van der Waals surface area (Å²) in [7, 11) is 0. The van der Waals surface area contributed by atoms with Crippen molar-refractivity contribution in [2.45, 2.75) is 25.4 Å². The second-order valence-corrected chi connectivity index (χ2v) is 7.07. The van der Waals surface area contributed by atoms with Crippen molar-refractivity contribution < 1.29 is 27.2 Å². The normalized spacial score (nSPS) is 18.5. The van der Waals surface area contributed by atoms with Gasteiger partial charge in [-0.05, 0) is 37.0 Å². The minimum atomic E-state index is -4.43. The van der Waals surface area contributed by atoms with Crippen LogP contribution in [0.3, 0.4) is 0 Å². The van der Waals surface area contributed by atoms with Crippen molar-refractivity contribution in [3.8, 4) is 0 Å². The molecule has 29 heavy (non-hydrogen) atoms. The topological polar surface area (TPSA) is 71.3 Å². The van der Waals surface area contributed by atoms with E-state index < -0.39 is 29.5 Å². The number of amides is 2. The molecule has 0 bridgehead atoms. The standard InChI is InChI=1S/C21H17F3N2O3/c1-11-14-7-2-3-8-17(14)29-18(11)20(28)26-25-19(27)16-10-15(16)12-5-4-6-13(9-12)21(22,23)24/h2-9,15-16H,10H2,1H3,(H,25,27)(H,26,28). The number of rotatable bonds is 3. The number of nitrogens with one attached hydrogen (secondary N) is 2. The van der Waals surface area contributed by atoms with Gasteiger partial charge in [-0.15, -0.1) is 0 Å². The molecular weight excluding hydrogens is 385 g/mol. The number of fused-ring (bicyclic) bond motifs is 1. The average molecular weight is 402 g/mol. The van der Waals surface area contributed by atoms with Gasteiger partial charge >= 0.3 is 12.1 Å². The van der Waals surface area contributed by atoms with Crippen LogP contribution in [0.1, 0.15) is 39.6 Å². The van der Waals surface area contributed by atoms with Gasteiger partial charge in [-0.3, -0.25) is 20.4 Å². The fraction of sp³-hybridized carbons (Fsp3) is 0.238. The molecule has 8 heteroatoms. The first-order chi connectivity index (χ1) is 13.8. The van der Waals surface area contributed by atoms with Crippen LogP contribution in [-0.4, -0.2) is 11.8 Å². The molecule has 1 aliphatic rings. The Hall–Kier alpha value is -3.29. The number of aryl methyl sites for hydroxylation is 1. The lowest BCUT2D eigenvalue weighted by Crippen LogP contribution is -2.42. The second-order valence-electron chi connectivity index (χ2n) is 7.07. The molecule has 0 spiro atoms. The van der Waals surface area contributed by atoms with Crippen molar-refractivity contribution in [2.75, 3.05) is 0 Å². The number of hydrogen-bond donors (Lipinski definition) is 2. The van der Waals surface area contributed by atoms with E-state index in [-0.39, 0.29) is 11.7 Å². The Bertz CT molecular complexity index is 1100. The fourth-order valence-electron chi connectivity index (χ4n) is 3.46. The smallest absolute Gasteiger partial charge is 0.416 e. The van der Waals surface area contributed by atoms with E-state index in [9.17, 15) is 22.8 Å². The Morgan fingerprint density at radius 2 is 1.83 bits per heavy atom. The largest absolute Gasteiger partial charge is 0.451 e. The number of furan rings is 1. The van der Waals surface area contributed by atoms with Crippen LogP contribution in [0.2, 0.25) is 0 Å². The number of halogens is 3. The van der Waals surface area contributed by atoms with Gasteiger partial charge in [0.2, 0.25) is 5.91 Å². The molecule has 1 saturated carbocycles. The Kier molecular flexibility index (Phi) is 4.56. The predicted octanol–water partition coefficient (Wildman–Crippen LogP) is 4.32. The van der Waals surface area contributed by atoms with Gasteiger partial charge in [-0.1, -0.05) is 36.4 Å². The molecule has 0 saturated heterocycles. The number of hydrogen-bond acceptors (Lipinski definition) is 3. The molecule has 2 N–H and O–H groups in total. The number of benzene rings is 2. The third-order valence-electron chi connectivity index (χ3n) is 5.12. The number of carbonyl (C=O) groups excluding carboxylic acids is 2. The molecule has 1 aliphatic carbocycles. The Morgan fingerprint density at radius 1 is 1.07 bits per heavy atom. The quantitative estimate of drug-likeness (QED) is 0.641. The summed E-state index contributed by atoms with van der Waals surface area (Å²) in [6.45, 7) is 1.74. The van der Waals surface area contributed by atoms with Gasteiger partial charge in [0.05, 0.1) is 5.56 Å². The highest BCUT2D eigenvalue weighted by Gasteiger charge is 2.45. The van der Waals surface area contributed by atoms with Gasteiger partial charge < -0.3 is 4.42 Å². The summed E-state index contributed by atoms with van der Waals surface area (Å²) < 4.78 is 44.1. The molecule has 2 aromatic carbocycles. The highest BCUT2D eigenvalue weighted by molar-refractivity contribution is 5.99. The van der Waals surface area contributed by atoms with Gasteiger partial charge in [0.1, 0.15) is 5.58 Å². The maximum absolute atomic E-state index is 12.9. The lowest BCUT2D eigenvalue weighted by Gasteiger charge is -2.09. The average Bonchev–Trinajstić information content (AvgIpc) is 3.44. The van der Waals surface area contributed by atoms with E-state index in [2.05, 4.69) is 10.9 Å². The molecule has 2 unspecified atom stereocenters. The fourth-order valence-corrected chi connectivity index (χ4v) is 3.46. The third-order valence-corrected chi connectivity index (χ3v) is 5.12. The predicted molar refractivity (Wildman–Crippen MR) is 98.9 cm³/mol. The maximum atomic E-state index is 12.9. The molecule has 3 aromatic rings. The second kappa shape index (κ2) is 6.95. The monoisotopic (exact) mass is 402 g/mol. The number of hydrazine groups is 1. The van der Waals surface area contributed by atoms with Crippen LogP contribution in [0.15, 0.2) is 52.9 Å². The molecule has 1 heterocycles. The summed E-state index contributed by atoms with van der Waals surface area (Å²) >= 11 is 0. The van der Waals surface area contributed by atoms with Gasteiger partial charge in [0.25, 0.3) is 0 Å². The zero-order chi connectivity index (χ0) is 20.8. The molecule has 2 atom stereocenters. The number of carbonyl (C=O) groups is 2. The van der Waals surface area contributed by atoms with Crippen LogP contribution in [-0.2, 0) is 11.0 Å². The van der Waals surface area contributed by atoms with Crippen molar-refractivity contribution >= 4 is 22.8 Å². The Balaban J connectivity index is 1.38. The summed E-state index contributed by atoms with van der Waals surface area (Å²) in [6, 6.07) is 12.1. The molecule has 0 radical (unpaired) electrons. The van der Waals surface area contributed by atoms with Crippen LogP contribution >= 0.6 is 0 Å². The van der Waals surface area contributed by atoms with Crippen molar-refractivity contribution in [3.63, 3.8) is 0 Å². The first-order valence-corrected chi connectivity index (χ1v) is 9.01. The molecular formula is C21H17F3N2O3. The number of para-hydroxylation sites is 1. The van der Waals surface area contributed by atoms with E-state index in [0.717, 1.165) is 17.5 Å². The summed E-state index contributed by atoms with van der Waals surface area (Å²) in [5, 5.41) is 0.802. The molecule has 1 fully saturated rings. The lowest BCUT2D eigenvalue weighted by atomic mass is 10.1. The van der Waals surface area contributed by atoms with E-state index in [1.165, 1.54) is 6.07 Å². The molecule has 1 aromatic heterocycles. The van der Waals surface area contributed by atoms with Crippen LogP contribution < -0.4 is 10.9 Å². The summed E-state index contributed by atoms with van der Waals surface area (Å²) in [5.74, 6) is -1.74. The lowest BCUT2D eigenvalue weighted by molar-refractivity contribution is -0.137. The van der Waals surface area contributed by atoms with E-state index in [1.54, 1.807) is 25.1 Å². The summed E-state index contributed by atoms with van der Waals surface area (Å²) in [6.07, 6.45) is -4.01. The SMILES string of the molecule is Cc1c(C(=O)NNC(=O)C2CC2c2cccc(C(F)(F)F)c2)oc2ccccc12.